The Balaban J connectivity index is 1.89. The minimum Gasteiger partial charge on any atom is -0.474 e. The second-order valence-electron chi connectivity index (χ2n) is 4.94. The molecule has 0 unspecified atom stereocenters. The molecule has 1 N–H and O–H groups in total. The van der Waals surface area contributed by atoms with Crippen LogP contribution in [-0.2, 0) is 0 Å². The molecule has 0 bridgehead atoms. The molecule has 0 saturated heterocycles. The summed E-state index contributed by atoms with van der Waals surface area (Å²) in [6.45, 7) is 0. The summed E-state index contributed by atoms with van der Waals surface area (Å²) >= 11 is 13.5. The Morgan fingerprint density at radius 2 is 2.04 bits per heavy atom. The number of thioether (sulfide) groups is 1. The highest BCUT2D eigenvalue weighted by Gasteiger charge is 2.27. The largest absolute Gasteiger partial charge is 0.474 e. The molecule has 1 fully saturated rings. The lowest BCUT2D eigenvalue weighted by molar-refractivity contribution is 0.102. The monoisotopic (exact) mass is 369 g/mol. The van der Waals surface area contributed by atoms with Crippen molar-refractivity contribution in [3.05, 3.63) is 40.0 Å². The first-order chi connectivity index (χ1) is 11.1. The van der Waals surface area contributed by atoms with Gasteiger partial charge in [0.2, 0.25) is 5.88 Å². The number of halogens is 2. The van der Waals surface area contributed by atoms with Crippen LogP contribution in [-0.4, -0.2) is 28.2 Å². The predicted molar refractivity (Wildman–Crippen MR) is 91.9 cm³/mol. The molecule has 1 aromatic carbocycles. The van der Waals surface area contributed by atoms with E-state index in [-0.39, 0.29) is 17.5 Å². The molecule has 3 rings (SSSR count). The number of amides is 1. The highest BCUT2D eigenvalue weighted by Crippen LogP contribution is 2.32. The minimum atomic E-state index is -0.414. The Hall–Kier alpha value is -1.50. The maximum atomic E-state index is 12.5. The van der Waals surface area contributed by atoms with Gasteiger partial charge in [0.25, 0.3) is 5.91 Å². The fourth-order valence-corrected chi connectivity index (χ4v) is 2.66. The van der Waals surface area contributed by atoms with Crippen molar-refractivity contribution in [3.63, 3.8) is 0 Å². The van der Waals surface area contributed by atoms with Crippen LogP contribution in [0.5, 0.6) is 5.88 Å². The van der Waals surface area contributed by atoms with Crippen molar-refractivity contribution >= 4 is 46.6 Å². The molecule has 0 spiro atoms. The number of carbonyl (C=O) groups excluding carboxylic acids is 1. The zero-order valence-corrected chi connectivity index (χ0v) is 14.5. The molecule has 1 aliphatic carbocycles. The first-order valence-electron chi connectivity index (χ1n) is 6.91. The first-order valence-corrected chi connectivity index (χ1v) is 8.89. The van der Waals surface area contributed by atoms with Gasteiger partial charge in [-0.15, -0.1) is 0 Å². The van der Waals surface area contributed by atoms with Gasteiger partial charge in [-0.25, -0.2) is 4.98 Å². The Morgan fingerprint density at radius 3 is 2.65 bits per heavy atom. The van der Waals surface area contributed by atoms with E-state index < -0.39 is 5.91 Å². The summed E-state index contributed by atoms with van der Waals surface area (Å²) < 4.78 is 5.73. The van der Waals surface area contributed by atoms with Gasteiger partial charge in [0.15, 0.2) is 5.16 Å². The van der Waals surface area contributed by atoms with Crippen LogP contribution in [0.25, 0.3) is 0 Å². The van der Waals surface area contributed by atoms with Gasteiger partial charge in [0.1, 0.15) is 11.7 Å². The average Bonchev–Trinajstić information content (AvgIpc) is 3.34. The van der Waals surface area contributed by atoms with Crippen molar-refractivity contribution in [1.29, 1.82) is 0 Å². The van der Waals surface area contributed by atoms with Crippen molar-refractivity contribution in [3.8, 4) is 5.88 Å². The second-order valence-corrected chi connectivity index (χ2v) is 6.53. The van der Waals surface area contributed by atoms with Crippen molar-refractivity contribution in [2.45, 2.75) is 24.1 Å². The summed E-state index contributed by atoms with van der Waals surface area (Å²) in [5, 5.41) is 3.96. The number of carbonyl (C=O) groups is 1. The molecular formula is C15H13Cl2N3O2S. The lowest BCUT2D eigenvalue weighted by Gasteiger charge is -2.12. The number of rotatable bonds is 5. The quantitative estimate of drug-likeness (QED) is 0.628. The molecule has 2 aromatic rings. The number of para-hydroxylation sites is 1. The lowest BCUT2D eigenvalue weighted by Crippen LogP contribution is -2.16. The molecule has 23 heavy (non-hydrogen) atoms. The van der Waals surface area contributed by atoms with E-state index in [0.29, 0.717) is 20.9 Å². The Labute approximate surface area is 147 Å². The van der Waals surface area contributed by atoms with E-state index in [9.17, 15) is 4.79 Å². The van der Waals surface area contributed by atoms with Gasteiger partial charge in [0, 0.05) is 6.20 Å². The standard InChI is InChI=1S/C15H13Cl2N3O2S/c1-23-15-18-7-9(14(20-15)22-8-5-6-8)13(21)19-12-10(16)3-2-4-11(12)17/h2-4,7-8H,5-6H2,1H3,(H,19,21). The average molecular weight is 370 g/mol. The maximum absolute atomic E-state index is 12.5. The van der Waals surface area contributed by atoms with Crippen LogP contribution < -0.4 is 10.1 Å². The summed E-state index contributed by atoms with van der Waals surface area (Å²) in [4.78, 5) is 21.0. The summed E-state index contributed by atoms with van der Waals surface area (Å²) in [5.74, 6) is -0.129. The molecule has 5 nitrogen and oxygen atoms in total. The topological polar surface area (TPSA) is 64.1 Å². The van der Waals surface area contributed by atoms with Gasteiger partial charge >= 0.3 is 0 Å². The van der Waals surface area contributed by atoms with Crippen LogP contribution in [0.1, 0.15) is 23.2 Å². The van der Waals surface area contributed by atoms with Crippen LogP contribution in [0, 0.1) is 0 Å². The summed E-state index contributed by atoms with van der Waals surface area (Å²) in [5.41, 5.74) is 0.609. The lowest BCUT2D eigenvalue weighted by atomic mass is 10.2. The highest BCUT2D eigenvalue weighted by molar-refractivity contribution is 7.98. The number of nitrogens with zero attached hydrogens (tertiary/aromatic N) is 2. The predicted octanol–water partition coefficient (Wildman–Crippen LogP) is 4.30. The van der Waals surface area contributed by atoms with Crippen molar-refractivity contribution in [2.75, 3.05) is 11.6 Å². The van der Waals surface area contributed by atoms with E-state index in [1.165, 1.54) is 18.0 Å². The van der Waals surface area contributed by atoms with E-state index in [2.05, 4.69) is 15.3 Å². The summed E-state index contributed by atoms with van der Waals surface area (Å²) in [6.07, 6.45) is 5.37. The van der Waals surface area contributed by atoms with Crippen LogP contribution in [0.4, 0.5) is 5.69 Å². The number of aromatic nitrogens is 2. The molecule has 1 amide bonds. The fraction of sp³-hybridized carbons (Fsp3) is 0.267. The van der Waals surface area contributed by atoms with E-state index >= 15 is 0 Å². The van der Waals surface area contributed by atoms with Gasteiger partial charge in [-0.1, -0.05) is 41.0 Å². The number of hydrogen-bond acceptors (Lipinski definition) is 5. The van der Waals surface area contributed by atoms with Gasteiger partial charge in [-0.05, 0) is 31.2 Å². The van der Waals surface area contributed by atoms with Crippen LogP contribution in [0.2, 0.25) is 10.0 Å². The summed E-state index contributed by atoms with van der Waals surface area (Å²) in [6, 6.07) is 5.01. The zero-order chi connectivity index (χ0) is 16.4. The number of benzene rings is 1. The molecule has 0 radical (unpaired) electrons. The molecule has 1 heterocycles. The van der Waals surface area contributed by atoms with Gasteiger partial charge in [0.05, 0.1) is 15.7 Å². The SMILES string of the molecule is CSc1ncc(C(=O)Nc2c(Cl)cccc2Cl)c(OC2CC2)n1. The maximum Gasteiger partial charge on any atom is 0.262 e. The van der Waals surface area contributed by atoms with Gasteiger partial charge < -0.3 is 10.1 Å². The molecule has 1 aromatic heterocycles. The molecule has 120 valence electrons. The smallest absolute Gasteiger partial charge is 0.262 e. The number of nitrogens with one attached hydrogen (secondary N) is 1. The third-order valence-electron chi connectivity index (χ3n) is 3.16. The number of anilines is 1. The van der Waals surface area contributed by atoms with Crippen molar-refractivity contribution in [1.82, 2.24) is 9.97 Å². The third kappa shape index (κ3) is 3.88. The van der Waals surface area contributed by atoms with Gasteiger partial charge in [-0.3, -0.25) is 4.79 Å². The Bertz CT molecular complexity index is 733. The van der Waals surface area contributed by atoms with E-state index in [1.807, 2.05) is 6.26 Å². The molecule has 1 saturated carbocycles. The highest BCUT2D eigenvalue weighted by atomic mass is 35.5. The molecule has 0 atom stereocenters. The fourth-order valence-electron chi connectivity index (χ4n) is 1.84. The third-order valence-corrected chi connectivity index (χ3v) is 4.35. The molecule has 1 aliphatic rings. The zero-order valence-electron chi connectivity index (χ0n) is 12.2. The van der Waals surface area contributed by atoms with Crippen LogP contribution >= 0.6 is 35.0 Å². The Morgan fingerprint density at radius 1 is 1.35 bits per heavy atom. The number of ether oxygens (including phenoxy) is 1. The van der Waals surface area contributed by atoms with Crippen molar-refractivity contribution < 1.29 is 9.53 Å². The van der Waals surface area contributed by atoms with E-state index in [1.54, 1.807) is 18.2 Å². The summed E-state index contributed by atoms with van der Waals surface area (Å²) in [7, 11) is 0. The second kappa shape index (κ2) is 6.95. The first kappa shape index (κ1) is 16.4. The van der Waals surface area contributed by atoms with Gasteiger partial charge in [-0.2, -0.15) is 4.98 Å². The van der Waals surface area contributed by atoms with E-state index in [4.69, 9.17) is 27.9 Å². The minimum absolute atomic E-state index is 0.120. The molecule has 0 aliphatic heterocycles. The van der Waals surface area contributed by atoms with E-state index in [0.717, 1.165) is 12.8 Å². The number of hydrogen-bond donors (Lipinski definition) is 1. The molecular weight excluding hydrogens is 357 g/mol. The van der Waals surface area contributed by atoms with Crippen LogP contribution in [0.15, 0.2) is 29.6 Å². The molecule has 8 heteroatoms. The Kier molecular flexibility index (Phi) is 4.94. The normalized spacial score (nSPS) is 13.7. The van der Waals surface area contributed by atoms with Crippen LogP contribution in [0.3, 0.4) is 0 Å². The van der Waals surface area contributed by atoms with Crippen molar-refractivity contribution in [2.24, 2.45) is 0 Å².